The lowest BCUT2D eigenvalue weighted by Gasteiger charge is -2.31. The molecule has 102 valence electrons. The van der Waals surface area contributed by atoms with Gasteiger partial charge in [0.25, 0.3) is 0 Å². The van der Waals surface area contributed by atoms with Crippen molar-refractivity contribution < 1.29 is 9.90 Å². The van der Waals surface area contributed by atoms with Gasteiger partial charge in [0.2, 0.25) is 0 Å². The first kappa shape index (κ1) is 12.5. The van der Waals surface area contributed by atoms with Crippen molar-refractivity contribution in [2.75, 3.05) is 18.0 Å². The second kappa shape index (κ2) is 5.21. The molecule has 2 aliphatic rings. The zero-order valence-electron chi connectivity index (χ0n) is 11.1. The first-order chi connectivity index (χ1) is 9.24. The van der Waals surface area contributed by atoms with Crippen molar-refractivity contribution in [1.29, 1.82) is 0 Å². The number of carbonyl (C=O) groups is 1. The molecule has 0 saturated carbocycles. The molecule has 0 radical (unpaired) electrons. The molecule has 1 aromatic rings. The summed E-state index contributed by atoms with van der Waals surface area (Å²) in [5, 5.41) is 12.1. The smallest absolute Gasteiger partial charge is 0.321 e. The van der Waals surface area contributed by atoms with Gasteiger partial charge in [-0.25, -0.2) is 0 Å². The third-order valence-electron chi connectivity index (χ3n) is 4.17. The number of nitrogens with zero attached hydrogens (tertiary/aromatic N) is 1. The van der Waals surface area contributed by atoms with Crippen molar-refractivity contribution in [3.8, 4) is 0 Å². The molecule has 3 rings (SSSR count). The number of rotatable bonds is 2. The Morgan fingerprint density at radius 1 is 1.21 bits per heavy atom. The number of benzene rings is 1. The van der Waals surface area contributed by atoms with Gasteiger partial charge in [0.15, 0.2) is 0 Å². The fourth-order valence-corrected chi connectivity index (χ4v) is 3.02. The molecular formula is C15H20N2O2. The molecule has 1 aromatic carbocycles. The van der Waals surface area contributed by atoms with E-state index in [1.165, 1.54) is 36.1 Å². The Hall–Kier alpha value is -1.55. The number of aliphatic carboxylic acids is 1. The summed E-state index contributed by atoms with van der Waals surface area (Å²) in [4.78, 5) is 13.4. The minimum atomic E-state index is -0.759. The van der Waals surface area contributed by atoms with E-state index < -0.39 is 12.0 Å². The fourth-order valence-electron chi connectivity index (χ4n) is 3.02. The topological polar surface area (TPSA) is 52.6 Å². The van der Waals surface area contributed by atoms with Gasteiger partial charge < -0.3 is 15.3 Å². The number of nitrogens with one attached hydrogen (secondary N) is 1. The molecule has 1 atom stereocenters. The van der Waals surface area contributed by atoms with Gasteiger partial charge in [-0.3, -0.25) is 4.79 Å². The van der Waals surface area contributed by atoms with Crippen LogP contribution in [0.15, 0.2) is 18.2 Å². The van der Waals surface area contributed by atoms with Crippen LogP contribution in [-0.2, 0) is 17.8 Å². The van der Waals surface area contributed by atoms with E-state index in [0.29, 0.717) is 13.0 Å². The zero-order valence-corrected chi connectivity index (χ0v) is 11.1. The van der Waals surface area contributed by atoms with E-state index >= 15 is 0 Å². The van der Waals surface area contributed by atoms with Crippen LogP contribution < -0.4 is 10.2 Å². The quantitative estimate of drug-likeness (QED) is 0.851. The summed E-state index contributed by atoms with van der Waals surface area (Å²) < 4.78 is 0. The van der Waals surface area contributed by atoms with Gasteiger partial charge in [-0.15, -0.1) is 0 Å². The van der Waals surface area contributed by atoms with E-state index in [0.717, 1.165) is 13.1 Å². The average molecular weight is 260 g/mol. The monoisotopic (exact) mass is 260 g/mol. The van der Waals surface area contributed by atoms with Crippen LogP contribution in [0.25, 0.3) is 0 Å². The molecule has 0 bridgehead atoms. The number of hydrogen-bond donors (Lipinski definition) is 2. The molecule has 4 heteroatoms. The SMILES string of the molecule is O=C(O)[C@@H]1Cc2ccc(N3CCCCC3)cc2CN1. The summed E-state index contributed by atoms with van der Waals surface area (Å²) in [5.41, 5.74) is 3.71. The molecule has 2 N–H and O–H groups in total. The van der Waals surface area contributed by atoms with Gasteiger partial charge in [-0.05, 0) is 48.9 Å². The Bertz CT molecular complexity index is 481. The lowest BCUT2D eigenvalue weighted by Crippen LogP contribution is -2.41. The lowest BCUT2D eigenvalue weighted by molar-refractivity contribution is -0.139. The normalized spacial score (nSPS) is 22.9. The molecule has 0 spiro atoms. The molecule has 19 heavy (non-hydrogen) atoms. The highest BCUT2D eigenvalue weighted by Crippen LogP contribution is 2.25. The summed E-state index contributed by atoms with van der Waals surface area (Å²) in [5.74, 6) is -0.759. The molecule has 2 aliphatic heterocycles. The highest BCUT2D eigenvalue weighted by atomic mass is 16.4. The van der Waals surface area contributed by atoms with E-state index in [-0.39, 0.29) is 0 Å². The van der Waals surface area contributed by atoms with Crippen LogP contribution in [0, 0.1) is 0 Å². The minimum absolute atomic E-state index is 0.437. The standard InChI is InChI=1S/C15H20N2O2/c18-15(19)14-9-11-4-5-13(8-12(11)10-16-14)17-6-2-1-3-7-17/h4-5,8,14,16H,1-3,6-7,9-10H2,(H,18,19)/t14-/m0/s1. The summed E-state index contributed by atoms with van der Waals surface area (Å²) in [6.07, 6.45) is 4.47. The largest absolute Gasteiger partial charge is 0.480 e. The van der Waals surface area contributed by atoms with Crippen LogP contribution in [0.3, 0.4) is 0 Å². The van der Waals surface area contributed by atoms with Crippen molar-refractivity contribution in [1.82, 2.24) is 5.32 Å². The molecule has 0 unspecified atom stereocenters. The maximum Gasteiger partial charge on any atom is 0.321 e. The van der Waals surface area contributed by atoms with Crippen LogP contribution in [0.2, 0.25) is 0 Å². The summed E-state index contributed by atoms with van der Waals surface area (Å²) in [6, 6.07) is 6.05. The Morgan fingerprint density at radius 2 is 2.00 bits per heavy atom. The van der Waals surface area contributed by atoms with E-state index in [4.69, 9.17) is 5.11 Å². The number of carboxylic acids is 1. The van der Waals surface area contributed by atoms with E-state index in [2.05, 4.69) is 28.4 Å². The van der Waals surface area contributed by atoms with Gasteiger partial charge in [-0.1, -0.05) is 6.07 Å². The maximum atomic E-state index is 11.0. The average Bonchev–Trinajstić information content (AvgIpc) is 2.47. The predicted octanol–water partition coefficient (Wildman–Crippen LogP) is 1.78. The number of anilines is 1. The van der Waals surface area contributed by atoms with Crippen LogP contribution in [0.4, 0.5) is 5.69 Å². The lowest BCUT2D eigenvalue weighted by atomic mass is 9.95. The number of piperidine rings is 1. The summed E-state index contributed by atoms with van der Waals surface area (Å²) >= 11 is 0. The number of hydrogen-bond acceptors (Lipinski definition) is 3. The van der Waals surface area contributed by atoms with Gasteiger partial charge in [-0.2, -0.15) is 0 Å². The molecule has 1 fully saturated rings. The molecule has 2 heterocycles. The second-order valence-electron chi connectivity index (χ2n) is 5.48. The van der Waals surface area contributed by atoms with Gasteiger partial charge in [0.05, 0.1) is 0 Å². The van der Waals surface area contributed by atoms with E-state index in [1.54, 1.807) is 0 Å². The van der Waals surface area contributed by atoms with Gasteiger partial charge >= 0.3 is 5.97 Å². The molecular weight excluding hydrogens is 240 g/mol. The maximum absolute atomic E-state index is 11.0. The van der Waals surface area contributed by atoms with Crippen molar-refractivity contribution >= 4 is 11.7 Å². The van der Waals surface area contributed by atoms with Crippen molar-refractivity contribution in [2.24, 2.45) is 0 Å². The second-order valence-corrected chi connectivity index (χ2v) is 5.48. The minimum Gasteiger partial charge on any atom is -0.480 e. The summed E-state index contributed by atoms with van der Waals surface area (Å²) in [6.45, 7) is 2.95. The first-order valence-electron chi connectivity index (χ1n) is 7.07. The summed E-state index contributed by atoms with van der Waals surface area (Å²) in [7, 11) is 0. The molecule has 4 nitrogen and oxygen atoms in total. The Kier molecular flexibility index (Phi) is 3.42. The third-order valence-corrected chi connectivity index (χ3v) is 4.17. The van der Waals surface area contributed by atoms with Crippen LogP contribution >= 0.6 is 0 Å². The molecule has 0 amide bonds. The van der Waals surface area contributed by atoms with Crippen LogP contribution in [0.1, 0.15) is 30.4 Å². The van der Waals surface area contributed by atoms with Crippen molar-refractivity contribution in [3.05, 3.63) is 29.3 Å². The highest BCUT2D eigenvalue weighted by molar-refractivity contribution is 5.74. The number of carboxylic acid groups (broad SMARTS) is 1. The number of fused-ring (bicyclic) bond motifs is 1. The first-order valence-corrected chi connectivity index (χ1v) is 7.07. The van der Waals surface area contributed by atoms with Crippen LogP contribution in [0.5, 0.6) is 0 Å². The third kappa shape index (κ3) is 2.59. The van der Waals surface area contributed by atoms with Gasteiger partial charge in [0, 0.05) is 25.3 Å². The highest BCUT2D eigenvalue weighted by Gasteiger charge is 2.24. The fraction of sp³-hybridized carbons (Fsp3) is 0.533. The zero-order chi connectivity index (χ0) is 13.2. The van der Waals surface area contributed by atoms with Crippen molar-refractivity contribution in [3.63, 3.8) is 0 Å². The molecule has 0 aromatic heterocycles. The van der Waals surface area contributed by atoms with Crippen LogP contribution in [-0.4, -0.2) is 30.2 Å². The predicted molar refractivity (Wildman–Crippen MR) is 74.5 cm³/mol. The Labute approximate surface area is 113 Å². The van der Waals surface area contributed by atoms with E-state index in [9.17, 15) is 4.79 Å². The molecule has 1 saturated heterocycles. The molecule has 0 aliphatic carbocycles. The Balaban J connectivity index is 1.79. The Morgan fingerprint density at radius 3 is 2.74 bits per heavy atom. The van der Waals surface area contributed by atoms with E-state index in [1.807, 2.05) is 0 Å². The van der Waals surface area contributed by atoms with Crippen molar-refractivity contribution in [2.45, 2.75) is 38.3 Å². The van der Waals surface area contributed by atoms with Gasteiger partial charge in [0.1, 0.15) is 6.04 Å².